The van der Waals surface area contributed by atoms with Crippen LogP contribution in [0.5, 0.6) is 17.2 Å². The standard InChI is InChI=1S/C29H22BrCl3N2O4/c1-37-27-13-19(12-24(30)28(27)39-16-18-6-9-21(31)10-7-18)15-34-35-29(36)23-4-2-3-5-26(23)38-17-20-8-11-22(32)14-25(20)33/h2-15H,16-17H2,1H3,(H,35,36)/b34-15+. The largest absolute Gasteiger partial charge is 0.493 e. The summed E-state index contributed by atoms with van der Waals surface area (Å²) in [4.78, 5) is 12.9. The van der Waals surface area contributed by atoms with Crippen LogP contribution in [-0.2, 0) is 13.2 Å². The highest BCUT2D eigenvalue weighted by molar-refractivity contribution is 9.10. The van der Waals surface area contributed by atoms with Gasteiger partial charge in [0.25, 0.3) is 5.91 Å². The number of rotatable bonds is 10. The maximum atomic E-state index is 12.9. The van der Waals surface area contributed by atoms with Crippen LogP contribution in [0.3, 0.4) is 0 Å². The van der Waals surface area contributed by atoms with Gasteiger partial charge in [-0.05, 0) is 75.6 Å². The van der Waals surface area contributed by atoms with Crippen LogP contribution in [-0.4, -0.2) is 19.2 Å². The second kappa shape index (κ2) is 13.7. The molecule has 0 aliphatic rings. The number of nitrogens with one attached hydrogen (secondary N) is 1. The van der Waals surface area contributed by atoms with Gasteiger partial charge in [0.2, 0.25) is 0 Å². The Morgan fingerprint density at radius 2 is 1.64 bits per heavy atom. The topological polar surface area (TPSA) is 69.2 Å². The van der Waals surface area contributed by atoms with E-state index in [0.717, 1.165) is 11.1 Å². The van der Waals surface area contributed by atoms with Crippen molar-refractivity contribution in [2.45, 2.75) is 13.2 Å². The molecule has 0 heterocycles. The van der Waals surface area contributed by atoms with Gasteiger partial charge < -0.3 is 14.2 Å². The molecule has 0 atom stereocenters. The zero-order valence-electron chi connectivity index (χ0n) is 20.6. The molecule has 4 aromatic carbocycles. The summed E-state index contributed by atoms with van der Waals surface area (Å²) in [5.74, 6) is 1.01. The van der Waals surface area contributed by atoms with Crippen molar-refractivity contribution >= 4 is 62.9 Å². The Bertz CT molecular complexity index is 1500. The van der Waals surface area contributed by atoms with Crippen LogP contribution < -0.4 is 19.6 Å². The molecule has 0 unspecified atom stereocenters. The predicted octanol–water partition coefficient (Wildman–Crippen LogP) is 8.34. The lowest BCUT2D eigenvalue weighted by Gasteiger charge is -2.13. The van der Waals surface area contributed by atoms with Crippen LogP contribution in [0.15, 0.2) is 88.4 Å². The number of hydrazone groups is 1. The second-order valence-corrected chi connectivity index (χ2v) is 10.3. The number of halogens is 4. The zero-order valence-corrected chi connectivity index (χ0v) is 24.4. The number of carbonyl (C=O) groups excluding carboxylic acids is 1. The van der Waals surface area contributed by atoms with Crippen LogP contribution in [0.4, 0.5) is 0 Å². The number of para-hydroxylation sites is 1. The number of carbonyl (C=O) groups is 1. The van der Waals surface area contributed by atoms with Gasteiger partial charge in [0, 0.05) is 20.6 Å². The minimum absolute atomic E-state index is 0.170. The van der Waals surface area contributed by atoms with Gasteiger partial charge in [0.15, 0.2) is 11.5 Å². The smallest absolute Gasteiger partial charge is 0.275 e. The van der Waals surface area contributed by atoms with Gasteiger partial charge in [0.05, 0.1) is 23.4 Å². The molecule has 0 saturated heterocycles. The van der Waals surface area contributed by atoms with Crippen LogP contribution >= 0.6 is 50.7 Å². The van der Waals surface area contributed by atoms with Crippen molar-refractivity contribution in [3.8, 4) is 17.2 Å². The van der Waals surface area contributed by atoms with E-state index in [1.54, 1.807) is 67.8 Å². The van der Waals surface area contributed by atoms with E-state index in [4.69, 9.17) is 49.0 Å². The summed E-state index contributed by atoms with van der Waals surface area (Å²) in [5, 5.41) is 5.78. The average molecular weight is 649 g/mol. The molecule has 1 amide bonds. The molecule has 0 spiro atoms. The van der Waals surface area contributed by atoms with Crippen LogP contribution in [0.25, 0.3) is 0 Å². The number of benzene rings is 4. The first-order valence-corrected chi connectivity index (χ1v) is 13.5. The molecule has 0 bridgehead atoms. The molecule has 10 heteroatoms. The van der Waals surface area contributed by atoms with E-state index in [1.807, 2.05) is 18.2 Å². The minimum atomic E-state index is -0.432. The third kappa shape index (κ3) is 7.90. The Hall–Kier alpha value is -3.23. The van der Waals surface area contributed by atoms with Crippen molar-refractivity contribution in [3.63, 3.8) is 0 Å². The van der Waals surface area contributed by atoms with Gasteiger partial charge in [0.1, 0.15) is 19.0 Å². The lowest BCUT2D eigenvalue weighted by Crippen LogP contribution is -2.18. The highest BCUT2D eigenvalue weighted by Crippen LogP contribution is 2.37. The number of methoxy groups -OCH3 is 1. The van der Waals surface area contributed by atoms with E-state index in [1.165, 1.54) is 6.21 Å². The summed E-state index contributed by atoms with van der Waals surface area (Å²) >= 11 is 21.7. The predicted molar refractivity (Wildman–Crippen MR) is 159 cm³/mol. The Kier molecular flexibility index (Phi) is 10.1. The van der Waals surface area contributed by atoms with Crippen LogP contribution in [0.1, 0.15) is 27.0 Å². The summed E-state index contributed by atoms with van der Waals surface area (Å²) in [6, 6.07) is 23.0. The molecule has 1 N–H and O–H groups in total. The van der Waals surface area contributed by atoms with Crippen molar-refractivity contribution in [2.75, 3.05) is 7.11 Å². The second-order valence-electron chi connectivity index (χ2n) is 8.17. The van der Waals surface area contributed by atoms with E-state index in [2.05, 4.69) is 26.5 Å². The van der Waals surface area contributed by atoms with E-state index >= 15 is 0 Å². The minimum Gasteiger partial charge on any atom is -0.493 e. The maximum Gasteiger partial charge on any atom is 0.275 e. The molecule has 0 fully saturated rings. The SMILES string of the molecule is COc1cc(/C=N/NC(=O)c2ccccc2OCc2ccc(Cl)cc2Cl)cc(Br)c1OCc1ccc(Cl)cc1. The number of ether oxygens (including phenoxy) is 3. The molecule has 39 heavy (non-hydrogen) atoms. The van der Waals surface area contributed by atoms with E-state index in [-0.39, 0.29) is 6.61 Å². The first-order valence-electron chi connectivity index (χ1n) is 11.6. The zero-order chi connectivity index (χ0) is 27.8. The van der Waals surface area contributed by atoms with E-state index in [9.17, 15) is 4.79 Å². The van der Waals surface area contributed by atoms with E-state index < -0.39 is 5.91 Å². The number of hydrogen-bond donors (Lipinski definition) is 1. The fourth-order valence-electron chi connectivity index (χ4n) is 3.49. The quantitative estimate of drug-likeness (QED) is 0.139. The van der Waals surface area contributed by atoms with Crippen LogP contribution in [0.2, 0.25) is 15.1 Å². The summed E-state index contributed by atoms with van der Waals surface area (Å²) in [6.07, 6.45) is 1.51. The molecule has 0 aliphatic carbocycles. The summed E-state index contributed by atoms with van der Waals surface area (Å²) in [6.45, 7) is 0.505. The molecule has 200 valence electrons. The van der Waals surface area contributed by atoms with Crippen molar-refractivity contribution in [1.29, 1.82) is 0 Å². The third-order valence-electron chi connectivity index (χ3n) is 5.46. The molecule has 0 saturated carbocycles. The number of nitrogens with zero attached hydrogens (tertiary/aromatic N) is 1. The summed E-state index contributed by atoms with van der Waals surface area (Å²) in [7, 11) is 1.55. The maximum absolute atomic E-state index is 12.9. The molecule has 4 rings (SSSR count). The molecule has 0 radical (unpaired) electrons. The molecule has 4 aromatic rings. The van der Waals surface area contributed by atoms with Gasteiger partial charge >= 0.3 is 0 Å². The molecule has 0 aromatic heterocycles. The molecule has 0 aliphatic heterocycles. The summed E-state index contributed by atoms with van der Waals surface area (Å²) < 4.78 is 18.0. The molecular formula is C29H22BrCl3N2O4. The van der Waals surface area contributed by atoms with E-state index in [0.29, 0.717) is 54.5 Å². The first kappa shape index (κ1) is 28.8. The Balaban J connectivity index is 1.41. The van der Waals surface area contributed by atoms with Crippen molar-refractivity contribution in [3.05, 3.63) is 121 Å². The highest BCUT2D eigenvalue weighted by Gasteiger charge is 2.14. The Morgan fingerprint density at radius 1 is 0.897 bits per heavy atom. The van der Waals surface area contributed by atoms with Crippen molar-refractivity contribution in [2.24, 2.45) is 5.10 Å². The first-order chi connectivity index (χ1) is 18.8. The van der Waals surface area contributed by atoms with Crippen molar-refractivity contribution in [1.82, 2.24) is 5.43 Å². The Labute approximate surface area is 249 Å². The van der Waals surface area contributed by atoms with Gasteiger partial charge in [-0.15, -0.1) is 0 Å². The fourth-order valence-corrected chi connectivity index (χ4v) is 4.65. The number of hydrogen-bond acceptors (Lipinski definition) is 5. The third-order valence-corrected chi connectivity index (χ3v) is 6.89. The Morgan fingerprint density at radius 3 is 2.38 bits per heavy atom. The fraction of sp³-hybridized carbons (Fsp3) is 0.103. The average Bonchev–Trinajstić information content (AvgIpc) is 2.92. The monoisotopic (exact) mass is 646 g/mol. The number of amides is 1. The lowest BCUT2D eigenvalue weighted by atomic mass is 10.2. The molecular weight excluding hydrogens is 627 g/mol. The van der Waals surface area contributed by atoms with Gasteiger partial charge in [-0.3, -0.25) is 4.79 Å². The lowest BCUT2D eigenvalue weighted by molar-refractivity contribution is 0.0950. The van der Waals surface area contributed by atoms with Gasteiger partial charge in [-0.2, -0.15) is 5.10 Å². The van der Waals surface area contributed by atoms with Gasteiger partial charge in [-0.1, -0.05) is 65.1 Å². The van der Waals surface area contributed by atoms with Gasteiger partial charge in [-0.25, -0.2) is 5.43 Å². The highest BCUT2D eigenvalue weighted by atomic mass is 79.9. The molecule has 6 nitrogen and oxygen atoms in total. The van der Waals surface area contributed by atoms with Crippen LogP contribution in [0, 0.1) is 0 Å². The van der Waals surface area contributed by atoms with Crippen molar-refractivity contribution < 1.29 is 19.0 Å². The normalized spacial score (nSPS) is 10.9. The summed E-state index contributed by atoms with van der Waals surface area (Å²) in [5.41, 5.74) is 5.25.